The third kappa shape index (κ3) is 6.41. The zero-order chi connectivity index (χ0) is 17.9. The van der Waals surface area contributed by atoms with Gasteiger partial charge in [0.2, 0.25) is 0 Å². The number of furan rings is 1. The van der Waals surface area contributed by atoms with E-state index in [4.69, 9.17) is 9.41 Å². The Hall–Kier alpha value is -2.53. The molecule has 1 aromatic carbocycles. The van der Waals surface area contributed by atoms with Gasteiger partial charge in [-0.3, -0.25) is 0 Å². The van der Waals surface area contributed by atoms with Crippen LogP contribution in [0.25, 0.3) is 0 Å². The van der Waals surface area contributed by atoms with Crippen LogP contribution in [0.3, 0.4) is 0 Å². The molecule has 0 radical (unpaired) electrons. The Bertz CT molecular complexity index is 752. The molecule has 0 fully saturated rings. The molecule has 26 heavy (non-hydrogen) atoms. The van der Waals surface area contributed by atoms with Crippen LogP contribution >= 0.6 is 11.3 Å². The highest BCUT2D eigenvalue weighted by atomic mass is 32.1. The summed E-state index contributed by atoms with van der Waals surface area (Å²) in [5.74, 6) is 1.84. The molecule has 4 nitrogen and oxygen atoms in total. The number of aryl methyl sites for hydroxylation is 1. The minimum Gasteiger partial charge on any atom is -0.469 e. The fourth-order valence-corrected chi connectivity index (χ4v) is 3.26. The van der Waals surface area contributed by atoms with Gasteiger partial charge in [0.25, 0.3) is 0 Å². The first kappa shape index (κ1) is 18.3. The molecule has 3 rings (SSSR count). The summed E-state index contributed by atoms with van der Waals surface area (Å²) in [5, 5.41) is 8.93. The van der Waals surface area contributed by atoms with Crippen LogP contribution in [0.2, 0.25) is 0 Å². The van der Waals surface area contributed by atoms with Gasteiger partial charge in [-0.25, -0.2) is 4.99 Å². The van der Waals surface area contributed by atoms with E-state index in [0.717, 1.165) is 44.1 Å². The normalized spacial score (nSPS) is 11.5. The molecule has 0 spiro atoms. The molecular formula is C21H25N3OS. The number of rotatable bonds is 9. The van der Waals surface area contributed by atoms with Gasteiger partial charge in [0, 0.05) is 24.4 Å². The highest BCUT2D eigenvalue weighted by molar-refractivity contribution is 7.09. The second-order valence-corrected chi connectivity index (χ2v) is 7.05. The van der Waals surface area contributed by atoms with Gasteiger partial charge in [0.1, 0.15) is 5.76 Å². The van der Waals surface area contributed by atoms with E-state index in [1.807, 2.05) is 12.1 Å². The van der Waals surface area contributed by atoms with Crippen molar-refractivity contribution in [2.75, 3.05) is 13.1 Å². The van der Waals surface area contributed by atoms with E-state index in [9.17, 15) is 0 Å². The van der Waals surface area contributed by atoms with Crippen LogP contribution in [0.4, 0.5) is 0 Å². The Balaban J connectivity index is 1.45. The molecule has 2 heterocycles. The molecule has 0 bridgehead atoms. The summed E-state index contributed by atoms with van der Waals surface area (Å²) in [6, 6.07) is 18.7. The Kier molecular flexibility index (Phi) is 7.35. The van der Waals surface area contributed by atoms with E-state index in [0.29, 0.717) is 6.54 Å². The van der Waals surface area contributed by atoms with Crippen LogP contribution in [0.1, 0.15) is 22.6 Å². The van der Waals surface area contributed by atoms with Crippen LogP contribution in [0, 0.1) is 0 Å². The van der Waals surface area contributed by atoms with Gasteiger partial charge in [-0.1, -0.05) is 36.4 Å². The van der Waals surface area contributed by atoms with Crippen LogP contribution in [-0.2, 0) is 19.4 Å². The molecule has 0 atom stereocenters. The molecule has 2 N–H and O–H groups in total. The van der Waals surface area contributed by atoms with Crippen LogP contribution in [0.5, 0.6) is 0 Å². The fourth-order valence-electron chi connectivity index (χ4n) is 2.64. The topological polar surface area (TPSA) is 49.6 Å². The van der Waals surface area contributed by atoms with E-state index >= 15 is 0 Å². The van der Waals surface area contributed by atoms with E-state index in [1.54, 1.807) is 17.6 Å². The summed E-state index contributed by atoms with van der Waals surface area (Å²) >= 11 is 1.73. The van der Waals surface area contributed by atoms with Gasteiger partial charge in [-0.15, -0.1) is 11.3 Å². The first-order chi connectivity index (χ1) is 12.9. The van der Waals surface area contributed by atoms with E-state index in [2.05, 4.69) is 58.5 Å². The van der Waals surface area contributed by atoms with E-state index in [-0.39, 0.29) is 0 Å². The number of hydrogen-bond acceptors (Lipinski definition) is 3. The van der Waals surface area contributed by atoms with Gasteiger partial charge in [-0.2, -0.15) is 0 Å². The van der Waals surface area contributed by atoms with Gasteiger partial charge in [0.15, 0.2) is 5.96 Å². The predicted molar refractivity (Wildman–Crippen MR) is 109 cm³/mol. The first-order valence-corrected chi connectivity index (χ1v) is 9.89. The zero-order valence-corrected chi connectivity index (χ0v) is 15.7. The standard InChI is InChI=1S/C21H25N3OS/c1-2-7-18(8-3-1)9-4-13-22-21(24-17-20-11-6-16-26-20)23-14-12-19-10-5-15-25-19/h1-3,5-8,10-11,15-16H,4,9,12-14,17H2,(H2,22,23,24). The Morgan fingerprint density at radius 3 is 2.58 bits per heavy atom. The minimum absolute atomic E-state index is 0.701. The summed E-state index contributed by atoms with van der Waals surface area (Å²) in [6.07, 6.45) is 4.69. The highest BCUT2D eigenvalue weighted by Gasteiger charge is 2.01. The third-order valence-corrected chi connectivity index (χ3v) is 4.86. The van der Waals surface area contributed by atoms with Crippen molar-refractivity contribution in [3.8, 4) is 0 Å². The Morgan fingerprint density at radius 2 is 1.81 bits per heavy atom. The number of benzene rings is 1. The lowest BCUT2D eigenvalue weighted by molar-refractivity contribution is 0.506. The smallest absolute Gasteiger partial charge is 0.191 e. The average molecular weight is 368 g/mol. The van der Waals surface area contributed by atoms with Crippen molar-refractivity contribution in [2.24, 2.45) is 4.99 Å². The maximum absolute atomic E-state index is 5.38. The lowest BCUT2D eigenvalue weighted by Gasteiger charge is -2.12. The summed E-state index contributed by atoms with van der Waals surface area (Å²) in [6.45, 7) is 2.39. The Labute approximate surface area is 159 Å². The number of guanidine groups is 1. The van der Waals surface area contributed by atoms with Crippen molar-refractivity contribution < 1.29 is 4.42 Å². The number of nitrogens with one attached hydrogen (secondary N) is 2. The second-order valence-electron chi connectivity index (χ2n) is 6.02. The van der Waals surface area contributed by atoms with E-state index in [1.165, 1.54) is 10.4 Å². The second kappa shape index (κ2) is 10.5. The average Bonchev–Trinajstić information content (AvgIpc) is 3.37. The lowest BCUT2D eigenvalue weighted by Crippen LogP contribution is -2.39. The molecular weight excluding hydrogens is 342 g/mol. The monoisotopic (exact) mass is 367 g/mol. The molecule has 2 aromatic heterocycles. The summed E-state index contributed by atoms with van der Waals surface area (Å²) in [5.41, 5.74) is 1.37. The molecule has 0 saturated heterocycles. The minimum atomic E-state index is 0.701. The van der Waals surface area contributed by atoms with Gasteiger partial charge >= 0.3 is 0 Å². The number of thiophene rings is 1. The molecule has 0 aliphatic heterocycles. The van der Waals surface area contributed by atoms with Crippen LogP contribution in [-0.4, -0.2) is 19.0 Å². The molecule has 0 aliphatic rings. The molecule has 0 amide bonds. The Morgan fingerprint density at radius 1 is 0.923 bits per heavy atom. The summed E-state index contributed by atoms with van der Waals surface area (Å²) < 4.78 is 5.38. The SMILES string of the molecule is c1ccc(CCCNC(=NCc2cccs2)NCCc2ccco2)cc1. The largest absolute Gasteiger partial charge is 0.469 e. The molecule has 5 heteroatoms. The van der Waals surface area contributed by atoms with Crippen molar-refractivity contribution in [1.29, 1.82) is 0 Å². The van der Waals surface area contributed by atoms with Gasteiger partial charge < -0.3 is 15.1 Å². The third-order valence-electron chi connectivity index (χ3n) is 3.99. The number of hydrogen-bond donors (Lipinski definition) is 2. The molecule has 0 aliphatic carbocycles. The van der Waals surface area contributed by atoms with Crippen molar-refractivity contribution in [2.45, 2.75) is 25.8 Å². The summed E-state index contributed by atoms with van der Waals surface area (Å²) in [4.78, 5) is 5.97. The number of aliphatic imine (C=N–C) groups is 1. The maximum Gasteiger partial charge on any atom is 0.191 e. The van der Waals surface area contributed by atoms with Gasteiger partial charge in [0.05, 0.1) is 12.8 Å². The van der Waals surface area contributed by atoms with Crippen molar-refractivity contribution >= 4 is 17.3 Å². The maximum atomic E-state index is 5.38. The van der Waals surface area contributed by atoms with Crippen LogP contribution < -0.4 is 10.6 Å². The highest BCUT2D eigenvalue weighted by Crippen LogP contribution is 2.09. The van der Waals surface area contributed by atoms with E-state index < -0.39 is 0 Å². The van der Waals surface area contributed by atoms with Crippen LogP contribution in [0.15, 0.2) is 75.7 Å². The first-order valence-electron chi connectivity index (χ1n) is 9.01. The summed E-state index contributed by atoms with van der Waals surface area (Å²) in [7, 11) is 0. The fraction of sp³-hybridized carbons (Fsp3) is 0.286. The quantitative estimate of drug-likeness (QED) is 0.338. The molecule has 3 aromatic rings. The predicted octanol–water partition coefficient (Wildman–Crippen LogP) is 4.25. The van der Waals surface area contributed by atoms with Crippen molar-refractivity contribution in [3.63, 3.8) is 0 Å². The van der Waals surface area contributed by atoms with Gasteiger partial charge in [-0.05, 0) is 42.0 Å². The number of nitrogens with zero attached hydrogens (tertiary/aromatic N) is 1. The lowest BCUT2D eigenvalue weighted by atomic mass is 10.1. The molecule has 0 unspecified atom stereocenters. The molecule has 0 saturated carbocycles. The zero-order valence-electron chi connectivity index (χ0n) is 14.9. The molecule has 136 valence electrons. The van der Waals surface area contributed by atoms with Crippen molar-refractivity contribution in [1.82, 2.24) is 10.6 Å². The van der Waals surface area contributed by atoms with Crippen molar-refractivity contribution in [3.05, 3.63) is 82.4 Å².